The van der Waals surface area contributed by atoms with Crippen LogP contribution in [0, 0.1) is 0 Å². The van der Waals surface area contributed by atoms with Gasteiger partial charge < -0.3 is 14.6 Å². The molecule has 112 valence electrons. The number of aryl methyl sites for hydroxylation is 1. The van der Waals surface area contributed by atoms with Crippen molar-refractivity contribution in [2.45, 2.75) is 26.3 Å². The third-order valence-electron chi connectivity index (χ3n) is 2.81. The molecule has 0 aromatic carbocycles. The van der Waals surface area contributed by atoms with Crippen LogP contribution in [0.4, 0.5) is 5.95 Å². The van der Waals surface area contributed by atoms with Gasteiger partial charge in [-0.2, -0.15) is 0 Å². The summed E-state index contributed by atoms with van der Waals surface area (Å²) in [6.45, 7) is 2.38. The fraction of sp³-hybridized carbons (Fsp3) is 0.462. The van der Waals surface area contributed by atoms with Crippen molar-refractivity contribution in [3.8, 4) is 0 Å². The molecule has 2 rings (SSSR count). The minimum Gasteiger partial charge on any atom is -0.417 e. The molecule has 0 saturated heterocycles. The molecule has 8 heteroatoms. The number of nitrogens with one attached hydrogen (secondary N) is 1. The first kappa shape index (κ1) is 14.9. The molecule has 0 aliphatic carbocycles. The Labute approximate surface area is 122 Å². The van der Waals surface area contributed by atoms with Crippen molar-refractivity contribution < 1.29 is 9.21 Å². The summed E-state index contributed by atoms with van der Waals surface area (Å²) >= 11 is 0. The van der Waals surface area contributed by atoms with Gasteiger partial charge in [-0.05, 0) is 6.42 Å². The van der Waals surface area contributed by atoms with Gasteiger partial charge in [0.25, 0.3) is 0 Å². The number of nitrogens with zero attached hydrogens (tertiary/aromatic N) is 5. The topological polar surface area (TPSA) is 97.0 Å². The summed E-state index contributed by atoms with van der Waals surface area (Å²) in [5, 5.41) is 10.5. The fourth-order valence-electron chi connectivity index (χ4n) is 1.73. The Kier molecular flexibility index (Phi) is 4.81. The van der Waals surface area contributed by atoms with Crippen LogP contribution in [0.25, 0.3) is 0 Å². The predicted molar refractivity (Wildman–Crippen MR) is 75.7 cm³/mol. The van der Waals surface area contributed by atoms with Gasteiger partial charge in [-0.1, -0.05) is 6.92 Å². The van der Waals surface area contributed by atoms with E-state index in [1.807, 2.05) is 6.92 Å². The van der Waals surface area contributed by atoms with E-state index in [0.29, 0.717) is 24.8 Å². The van der Waals surface area contributed by atoms with E-state index in [1.54, 1.807) is 26.5 Å². The van der Waals surface area contributed by atoms with Crippen molar-refractivity contribution in [1.82, 2.24) is 25.1 Å². The first-order valence-corrected chi connectivity index (χ1v) is 6.70. The van der Waals surface area contributed by atoms with Crippen LogP contribution >= 0.6 is 0 Å². The lowest BCUT2D eigenvalue weighted by atomic mass is 10.3. The van der Waals surface area contributed by atoms with Crippen molar-refractivity contribution in [2.75, 3.05) is 19.4 Å². The maximum absolute atomic E-state index is 12.2. The number of carbonyl (C=O) groups excluding carboxylic acids is 1. The third kappa shape index (κ3) is 3.74. The van der Waals surface area contributed by atoms with Crippen LogP contribution in [-0.2, 0) is 13.0 Å². The SMILES string of the molecule is CCCc1nnc(C(=O)N(C)Cc2cnc(NC)nc2)o1. The van der Waals surface area contributed by atoms with E-state index in [0.717, 1.165) is 12.0 Å². The van der Waals surface area contributed by atoms with Crippen LogP contribution in [0.15, 0.2) is 16.8 Å². The molecule has 21 heavy (non-hydrogen) atoms. The largest absolute Gasteiger partial charge is 0.417 e. The predicted octanol–water partition coefficient (Wildman–Crippen LogP) is 1.13. The van der Waals surface area contributed by atoms with Gasteiger partial charge in [0, 0.05) is 45.0 Å². The van der Waals surface area contributed by atoms with Crippen molar-refractivity contribution in [2.24, 2.45) is 0 Å². The number of amides is 1. The number of hydrogen-bond acceptors (Lipinski definition) is 7. The van der Waals surface area contributed by atoms with Crippen molar-refractivity contribution in [1.29, 1.82) is 0 Å². The lowest BCUT2D eigenvalue weighted by Crippen LogP contribution is -2.26. The Hall–Kier alpha value is -2.51. The summed E-state index contributed by atoms with van der Waals surface area (Å²) in [7, 11) is 3.41. The number of carbonyl (C=O) groups is 1. The quantitative estimate of drug-likeness (QED) is 0.851. The van der Waals surface area contributed by atoms with Gasteiger partial charge in [-0.15, -0.1) is 10.2 Å². The Bertz CT molecular complexity index is 595. The molecule has 2 heterocycles. The maximum atomic E-state index is 12.2. The van der Waals surface area contributed by atoms with Crippen LogP contribution < -0.4 is 5.32 Å². The lowest BCUT2D eigenvalue weighted by Gasteiger charge is -2.14. The summed E-state index contributed by atoms with van der Waals surface area (Å²) in [4.78, 5) is 21.9. The zero-order chi connectivity index (χ0) is 15.2. The molecule has 0 spiro atoms. The molecule has 2 aromatic rings. The molecule has 0 atom stereocenters. The van der Waals surface area contributed by atoms with Gasteiger partial charge in [0.05, 0.1) is 0 Å². The molecular formula is C13H18N6O2. The number of hydrogen-bond donors (Lipinski definition) is 1. The normalized spacial score (nSPS) is 10.4. The minimum atomic E-state index is -0.317. The molecule has 1 amide bonds. The summed E-state index contributed by atoms with van der Waals surface area (Å²) in [6, 6.07) is 0. The van der Waals surface area contributed by atoms with Crippen molar-refractivity contribution in [3.63, 3.8) is 0 Å². The van der Waals surface area contributed by atoms with E-state index in [4.69, 9.17) is 4.42 Å². The van der Waals surface area contributed by atoms with Gasteiger partial charge in [-0.25, -0.2) is 9.97 Å². The van der Waals surface area contributed by atoms with Gasteiger partial charge in [-0.3, -0.25) is 4.79 Å². The molecule has 8 nitrogen and oxygen atoms in total. The second-order valence-electron chi connectivity index (χ2n) is 4.58. The highest BCUT2D eigenvalue weighted by atomic mass is 16.4. The van der Waals surface area contributed by atoms with Gasteiger partial charge in [0.15, 0.2) is 0 Å². The molecule has 0 aliphatic rings. The van der Waals surface area contributed by atoms with Crippen molar-refractivity contribution in [3.05, 3.63) is 29.7 Å². The zero-order valence-electron chi connectivity index (χ0n) is 12.3. The van der Waals surface area contributed by atoms with E-state index in [1.165, 1.54) is 4.90 Å². The van der Waals surface area contributed by atoms with Crippen LogP contribution in [-0.4, -0.2) is 45.1 Å². The molecular weight excluding hydrogens is 272 g/mol. The monoisotopic (exact) mass is 290 g/mol. The summed E-state index contributed by atoms with van der Waals surface area (Å²) in [6.07, 6.45) is 4.89. The number of aromatic nitrogens is 4. The van der Waals surface area contributed by atoms with Crippen LogP contribution in [0.1, 0.15) is 35.5 Å². The van der Waals surface area contributed by atoms with Crippen molar-refractivity contribution >= 4 is 11.9 Å². The van der Waals surface area contributed by atoms with Gasteiger partial charge in [0.1, 0.15) is 0 Å². The third-order valence-corrected chi connectivity index (χ3v) is 2.81. The average Bonchev–Trinajstić information content (AvgIpc) is 2.96. The molecule has 0 fully saturated rings. The molecule has 2 aromatic heterocycles. The summed E-state index contributed by atoms with van der Waals surface area (Å²) in [5.74, 6) is 0.709. The molecule has 0 unspecified atom stereocenters. The number of rotatable bonds is 6. The van der Waals surface area contributed by atoms with Gasteiger partial charge in [0.2, 0.25) is 11.8 Å². The molecule has 0 saturated carbocycles. The van der Waals surface area contributed by atoms with E-state index >= 15 is 0 Å². The van der Waals surface area contributed by atoms with Crippen LogP contribution in [0.5, 0.6) is 0 Å². The first-order valence-electron chi connectivity index (χ1n) is 6.70. The zero-order valence-corrected chi connectivity index (χ0v) is 12.3. The highest BCUT2D eigenvalue weighted by Gasteiger charge is 2.19. The maximum Gasteiger partial charge on any atom is 0.311 e. The Morgan fingerprint density at radius 2 is 2.05 bits per heavy atom. The molecule has 0 radical (unpaired) electrons. The first-order chi connectivity index (χ1) is 10.1. The highest BCUT2D eigenvalue weighted by molar-refractivity contribution is 5.89. The smallest absolute Gasteiger partial charge is 0.311 e. The summed E-state index contributed by atoms with van der Waals surface area (Å²) in [5.41, 5.74) is 0.818. The average molecular weight is 290 g/mol. The van der Waals surface area contributed by atoms with Gasteiger partial charge >= 0.3 is 11.8 Å². The fourth-order valence-corrected chi connectivity index (χ4v) is 1.73. The Morgan fingerprint density at radius 3 is 2.67 bits per heavy atom. The Morgan fingerprint density at radius 1 is 1.33 bits per heavy atom. The van der Waals surface area contributed by atoms with Crippen LogP contribution in [0.2, 0.25) is 0 Å². The highest BCUT2D eigenvalue weighted by Crippen LogP contribution is 2.08. The Balaban J connectivity index is 2.00. The lowest BCUT2D eigenvalue weighted by molar-refractivity contribution is 0.0743. The second-order valence-corrected chi connectivity index (χ2v) is 4.58. The minimum absolute atomic E-state index is 0.00807. The van der Waals surface area contributed by atoms with E-state index in [9.17, 15) is 4.79 Å². The second kappa shape index (κ2) is 6.78. The molecule has 0 aliphatic heterocycles. The van der Waals surface area contributed by atoms with E-state index < -0.39 is 0 Å². The molecule has 0 bridgehead atoms. The van der Waals surface area contributed by atoms with E-state index in [-0.39, 0.29) is 11.8 Å². The number of anilines is 1. The van der Waals surface area contributed by atoms with E-state index in [2.05, 4.69) is 25.5 Å². The van der Waals surface area contributed by atoms with Crippen LogP contribution in [0.3, 0.4) is 0 Å². The summed E-state index contributed by atoms with van der Waals surface area (Å²) < 4.78 is 5.33. The molecule has 1 N–H and O–H groups in total. The standard InChI is InChI=1S/C13H18N6O2/c1-4-5-10-17-18-11(21-10)12(20)19(3)8-9-6-15-13(14-2)16-7-9/h6-7H,4-5,8H2,1-3H3,(H,14,15,16).